The summed E-state index contributed by atoms with van der Waals surface area (Å²) in [5.41, 5.74) is 12.0. The highest BCUT2D eigenvalue weighted by atomic mass is 16.6. The van der Waals surface area contributed by atoms with E-state index in [0.717, 1.165) is 49.5 Å². The lowest BCUT2D eigenvalue weighted by Crippen LogP contribution is -2.55. The number of para-hydroxylation sites is 1. The standard InChI is InChI=1S/C63H69N7O9/c1-62(2,3)78-44-30-27-39(28-31-44)35-54(68-56(71)51(64)34-40-26-29-41-17-7-8-18-42(41)33-40)58(73)67-53(25-15-16-32-65-60(75)79-63(4,5)6)57(72)69-55(36-43-37-66-52-24-14-13-19-45(43)52)59(74)70-61(76)77-38-50-48-22-11-9-20-46(48)47-21-10-12-23-49(47)50/h7-14,17-24,26-31,33,37,50-51,53-54,66H,15-16,25,32,34-36,38,64H2,1-6H3,(H,65,75)(H,67,73)(H,68,71)(H,70,74,76)/t51-,53-,54-/m0/s1. The number of H-pyrrole nitrogens is 1. The Morgan fingerprint density at radius 1 is 0.658 bits per heavy atom. The van der Waals surface area contributed by atoms with E-state index in [1.54, 1.807) is 51.2 Å². The van der Waals surface area contributed by atoms with Gasteiger partial charge in [-0.15, -0.1) is 0 Å². The number of imide groups is 1. The van der Waals surface area contributed by atoms with Crippen molar-refractivity contribution in [1.29, 1.82) is 0 Å². The van der Waals surface area contributed by atoms with Crippen molar-refractivity contribution in [1.82, 2.24) is 26.3 Å². The molecule has 0 spiro atoms. The van der Waals surface area contributed by atoms with Crippen molar-refractivity contribution in [3.8, 4) is 16.9 Å². The van der Waals surface area contributed by atoms with Crippen molar-refractivity contribution in [2.24, 2.45) is 10.7 Å². The second-order valence-electron chi connectivity index (χ2n) is 21.8. The summed E-state index contributed by atoms with van der Waals surface area (Å²) < 4.78 is 17.2. The van der Waals surface area contributed by atoms with Crippen molar-refractivity contribution in [2.75, 3.05) is 13.2 Å². The lowest BCUT2D eigenvalue weighted by Gasteiger charge is -2.24. The Morgan fingerprint density at radius 3 is 1.99 bits per heavy atom. The third-order valence-corrected chi connectivity index (χ3v) is 13.3. The maximum Gasteiger partial charge on any atom is 0.414 e. The molecule has 0 aliphatic heterocycles. The Bertz CT molecular complexity index is 3330. The molecule has 0 saturated heterocycles. The third kappa shape index (κ3) is 15.5. The van der Waals surface area contributed by atoms with E-state index < -0.39 is 65.1 Å². The fourth-order valence-corrected chi connectivity index (χ4v) is 9.63. The second kappa shape index (κ2) is 25.2. The van der Waals surface area contributed by atoms with Gasteiger partial charge in [-0.3, -0.25) is 24.5 Å². The van der Waals surface area contributed by atoms with Crippen LogP contribution < -0.4 is 31.7 Å². The minimum atomic E-state index is -1.36. The molecule has 79 heavy (non-hydrogen) atoms. The Balaban J connectivity index is 1.05. The number of alkyl carbamates (subject to hydrolysis) is 2. The van der Waals surface area contributed by atoms with E-state index in [1.807, 2.05) is 136 Å². The molecule has 6 aromatic carbocycles. The Kier molecular flexibility index (Phi) is 18.1. The van der Waals surface area contributed by atoms with Crippen molar-refractivity contribution < 1.29 is 43.0 Å². The highest BCUT2D eigenvalue weighted by molar-refractivity contribution is 6.43. The molecule has 3 atom stereocenters. The zero-order valence-electron chi connectivity index (χ0n) is 45.5. The van der Waals surface area contributed by atoms with Crippen LogP contribution >= 0.6 is 0 Å². The van der Waals surface area contributed by atoms with Crippen LogP contribution in [0.2, 0.25) is 0 Å². The molecule has 16 nitrogen and oxygen atoms in total. The fraction of sp³-hybridized carbons (Fsp3) is 0.317. The predicted molar refractivity (Wildman–Crippen MR) is 306 cm³/mol. The molecule has 0 saturated carbocycles. The van der Waals surface area contributed by atoms with E-state index in [9.17, 15) is 28.8 Å². The van der Waals surface area contributed by atoms with E-state index >= 15 is 0 Å². The number of hydrogen-bond acceptors (Lipinski definition) is 10. The van der Waals surface area contributed by atoms with Gasteiger partial charge in [0.2, 0.25) is 11.8 Å². The van der Waals surface area contributed by atoms with Crippen LogP contribution in [0.4, 0.5) is 9.59 Å². The zero-order valence-corrected chi connectivity index (χ0v) is 45.5. The van der Waals surface area contributed by atoms with Crippen molar-refractivity contribution in [3.63, 3.8) is 0 Å². The number of hydrogen-bond donors (Lipinski definition) is 6. The molecule has 0 unspecified atom stereocenters. The van der Waals surface area contributed by atoms with E-state index in [4.69, 9.17) is 19.9 Å². The number of nitrogens with two attached hydrogens (primary N) is 1. The third-order valence-electron chi connectivity index (χ3n) is 13.3. The number of amides is 6. The van der Waals surface area contributed by atoms with E-state index in [-0.39, 0.29) is 56.9 Å². The number of carbonyl (C=O) groups excluding carboxylic acids is 6. The number of aromatic nitrogens is 1. The summed E-state index contributed by atoms with van der Waals surface area (Å²) in [5, 5.41) is 13.5. The van der Waals surface area contributed by atoms with E-state index in [1.165, 1.54) is 0 Å². The molecule has 16 heteroatoms. The largest absolute Gasteiger partial charge is 0.488 e. The van der Waals surface area contributed by atoms with Crippen LogP contribution in [0.5, 0.6) is 5.75 Å². The van der Waals surface area contributed by atoms with Gasteiger partial charge in [0.05, 0.1) is 6.04 Å². The van der Waals surface area contributed by atoms with Gasteiger partial charge >= 0.3 is 12.2 Å². The monoisotopic (exact) mass is 1070 g/mol. The van der Waals surface area contributed by atoms with Gasteiger partial charge < -0.3 is 40.9 Å². The first-order valence-electron chi connectivity index (χ1n) is 26.7. The summed E-state index contributed by atoms with van der Waals surface area (Å²) in [6.45, 7) is 11.2. The number of benzene rings is 6. The normalized spacial score (nSPS) is 13.6. The minimum absolute atomic E-state index is 0.000578. The molecule has 1 aliphatic carbocycles. The fourth-order valence-electron chi connectivity index (χ4n) is 9.63. The van der Waals surface area contributed by atoms with Crippen LogP contribution in [0.25, 0.3) is 32.8 Å². The zero-order chi connectivity index (χ0) is 56.3. The Hall–Kier alpha value is -8.63. The van der Waals surface area contributed by atoms with Crippen LogP contribution in [0.15, 0.2) is 151 Å². The molecule has 1 aromatic heterocycles. The number of ether oxygens (including phenoxy) is 3. The first kappa shape index (κ1) is 56.6. The van der Waals surface area contributed by atoms with Crippen molar-refractivity contribution in [3.05, 3.63) is 174 Å². The predicted octanol–water partition coefficient (Wildman–Crippen LogP) is 9.55. The number of nitrogens with zero attached hydrogens (tertiary/aromatic N) is 1. The Labute approximate surface area is 460 Å². The lowest BCUT2D eigenvalue weighted by molar-refractivity contribution is -0.131. The summed E-state index contributed by atoms with van der Waals surface area (Å²) in [6.07, 6.45) is 0.668. The first-order valence-corrected chi connectivity index (χ1v) is 26.7. The van der Waals surface area contributed by atoms with E-state index in [2.05, 4.69) is 31.2 Å². The number of fused-ring (bicyclic) bond motifs is 5. The molecule has 410 valence electrons. The summed E-state index contributed by atoms with van der Waals surface area (Å²) in [4.78, 5) is 91.6. The molecule has 0 fully saturated rings. The maximum absolute atomic E-state index is 14.8. The van der Waals surface area contributed by atoms with Gasteiger partial charge in [-0.2, -0.15) is 0 Å². The molecular weight excluding hydrogens is 999 g/mol. The molecular formula is C63H69N7O9. The van der Waals surface area contributed by atoms with Crippen LogP contribution in [0.1, 0.15) is 94.5 Å². The van der Waals surface area contributed by atoms with Crippen LogP contribution in [-0.2, 0) is 47.9 Å². The molecule has 0 radical (unpaired) electrons. The lowest BCUT2D eigenvalue weighted by atomic mass is 9.98. The van der Waals surface area contributed by atoms with Crippen LogP contribution in [-0.4, -0.2) is 89.0 Å². The number of aliphatic imine (C=N–C) groups is 1. The number of carbonyl (C=O) groups is 6. The van der Waals surface area contributed by atoms with Gasteiger partial charge in [0.1, 0.15) is 41.4 Å². The average Bonchev–Trinajstić information content (AvgIpc) is 4.22. The number of rotatable bonds is 20. The molecule has 1 aliphatic rings. The van der Waals surface area contributed by atoms with Crippen molar-refractivity contribution >= 4 is 63.2 Å². The minimum Gasteiger partial charge on any atom is -0.488 e. The maximum atomic E-state index is 14.8. The van der Waals surface area contributed by atoms with Gasteiger partial charge in [-0.1, -0.05) is 121 Å². The Morgan fingerprint density at radius 2 is 1.29 bits per heavy atom. The highest BCUT2D eigenvalue weighted by Gasteiger charge is 2.32. The van der Waals surface area contributed by atoms with Crippen molar-refractivity contribution in [2.45, 2.75) is 115 Å². The summed E-state index contributed by atoms with van der Waals surface area (Å²) in [6, 6.07) is 40.3. The highest BCUT2D eigenvalue weighted by Crippen LogP contribution is 2.44. The van der Waals surface area contributed by atoms with Gasteiger partial charge in [0.15, 0.2) is 0 Å². The molecule has 7 aromatic rings. The van der Waals surface area contributed by atoms with Crippen LogP contribution in [0, 0.1) is 0 Å². The van der Waals surface area contributed by atoms with E-state index in [0.29, 0.717) is 23.3 Å². The summed E-state index contributed by atoms with van der Waals surface area (Å²) in [7, 11) is 0. The number of aromatic amines is 1. The van der Waals surface area contributed by atoms with Gasteiger partial charge in [-0.05, 0) is 135 Å². The smallest absolute Gasteiger partial charge is 0.414 e. The summed E-state index contributed by atoms with van der Waals surface area (Å²) >= 11 is 0. The molecule has 7 N–H and O–H groups in total. The van der Waals surface area contributed by atoms with Gasteiger partial charge in [-0.25, -0.2) is 14.6 Å². The van der Waals surface area contributed by atoms with Crippen LogP contribution in [0.3, 0.4) is 0 Å². The first-order chi connectivity index (χ1) is 37.8. The number of nitrogens with one attached hydrogen (secondary N) is 5. The molecule has 8 rings (SSSR count). The second-order valence-corrected chi connectivity index (χ2v) is 21.8. The SMILES string of the molecule is CC(C)(C)OC(=O)NCCCC[C@H](NC(=O)[C@H](Cc1ccc(OC(C)(C)C)cc1)NC(=O)[C@@H](N)Cc1ccc2ccccc2c1)C(=O)N=C(Cc1c[nH]c2ccccc12)C(=O)NC(=O)OCC1c2ccccc2-c2ccccc21. The molecule has 1 heterocycles. The number of unbranched alkanes of at least 4 members (excludes halogenated alkanes) is 1. The van der Waals surface area contributed by atoms with Gasteiger partial charge in [0, 0.05) is 42.4 Å². The molecule has 0 bridgehead atoms. The molecule has 6 amide bonds. The van der Waals surface area contributed by atoms with Gasteiger partial charge in [0.25, 0.3) is 11.8 Å². The quantitative estimate of drug-likeness (QED) is 0.0313. The summed E-state index contributed by atoms with van der Waals surface area (Å²) in [5.74, 6) is -2.87. The topological polar surface area (TPSA) is 232 Å². The average molecular weight is 1070 g/mol.